The van der Waals surface area contributed by atoms with Gasteiger partial charge in [0.25, 0.3) is 0 Å². The van der Waals surface area contributed by atoms with Crippen LogP contribution in [0.5, 0.6) is 0 Å². The van der Waals surface area contributed by atoms with Gasteiger partial charge in [-0.15, -0.1) is 0 Å². The third-order valence-corrected chi connectivity index (χ3v) is 24.0. The monoisotopic (exact) mass is 1230 g/mol. The van der Waals surface area contributed by atoms with E-state index in [4.69, 9.17) is 0 Å². The van der Waals surface area contributed by atoms with Gasteiger partial charge in [0.1, 0.15) is 0 Å². The van der Waals surface area contributed by atoms with Gasteiger partial charge in [0.15, 0.2) is 0 Å². The molecule has 0 N–H and O–H groups in total. The van der Waals surface area contributed by atoms with Crippen molar-refractivity contribution in [1.29, 1.82) is 0 Å². The normalized spacial score (nSPS) is 13.4. The summed E-state index contributed by atoms with van der Waals surface area (Å²) in [6.45, 7) is 17.8. The molecule has 452 valence electrons. The van der Waals surface area contributed by atoms with E-state index in [2.05, 4.69) is 298 Å². The van der Waals surface area contributed by atoms with E-state index in [1.807, 2.05) is 0 Å². The molecule has 97 heavy (non-hydrogen) atoms. The Labute approximate surface area is 561 Å². The fraction of sp³-hybridized carbons (Fsp3) is 0.0928. The second kappa shape index (κ2) is 18.5. The van der Waals surface area contributed by atoms with Crippen molar-refractivity contribution in [3.05, 3.63) is 309 Å². The highest BCUT2D eigenvalue weighted by atomic mass is 14.5. The summed E-state index contributed by atoms with van der Waals surface area (Å²) in [5, 5.41) is 40.7. The van der Waals surface area contributed by atoms with Crippen LogP contribution in [0.2, 0.25) is 0 Å². The molecule has 0 fully saturated rings. The zero-order valence-electron chi connectivity index (χ0n) is 55.6. The van der Waals surface area contributed by atoms with Gasteiger partial charge in [-0.2, -0.15) is 0 Å². The van der Waals surface area contributed by atoms with Crippen molar-refractivity contribution in [2.24, 2.45) is 0 Å². The second-order valence-corrected chi connectivity index (χ2v) is 29.9. The zero-order valence-corrected chi connectivity index (χ0v) is 55.6. The topological polar surface area (TPSA) is 0 Å². The number of rotatable bonds is 0. The molecular formula is C97H64. The Morgan fingerprint density at radius 3 is 0.330 bits per heavy atom. The molecule has 0 heteroatoms. The Hall–Kier alpha value is -11.4. The van der Waals surface area contributed by atoms with Crippen LogP contribution in [-0.4, -0.2) is 0 Å². The van der Waals surface area contributed by atoms with Gasteiger partial charge in [0.2, 0.25) is 0 Å². The van der Waals surface area contributed by atoms with Crippen LogP contribution in [0.1, 0.15) is 66.8 Å². The minimum absolute atomic E-state index is 0.679. The molecule has 0 nitrogen and oxygen atoms in total. The molecule has 0 atom stereocenters. The predicted octanol–water partition coefficient (Wildman–Crippen LogP) is 26.9. The third-order valence-electron chi connectivity index (χ3n) is 24.0. The maximum atomic E-state index is 2.62. The van der Waals surface area contributed by atoms with Crippen molar-refractivity contribution in [3.63, 3.8) is 0 Å². The highest BCUT2D eigenvalue weighted by Gasteiger charge is 2.52. The van der Waals surface area contributed by atoms with Crippen LogP contribution < -0.4 is 0 Å². The van der Waals surface area contributed by atoms with Gasteiger partial charge in [0, 0.05) is 0 Å². The molecule has 0 saturated heterocycles. The summed E-state index contributed by atoms with van der Waals surface area (Å²) < 4.78 is 0. The number of aryl methyl sites for hydroxylation is 8. The van der Waals surface area contributed by atoms with Gasteiger partial charge < -0.3 is 0 Å². The van der Waals surface area contributed by atoms with Crippen LogP contribution in [0.4, 0.5) is 0 Å². The Bertz CT molecular complexity index is 6380. The summed E-state index contributed by atoms with van der Waals surface area (Å²) in [5.74, 6) is 0. The standard InChI is InChI=1S/C97H64/c1-49-9-57-17-65-25-73-33-81-41-89-90-42-82-34-74-26-66-18-58-10-50(2)54(6)14-62(58)22-70(66)30-78(74)38-86(82)46-94(90)97(93(89)45-85(81)37-77(73)29-69(65)21-61(57)13-53(49)5)95-47-87-39-79-31-71-23-63-15-55(7)51(3)11-59(63)19-67(71)27-75(79)35-83(87)43-91(95)92-44-84-36-76-28-68-20-60-12-52(4)56(8)16-64(60)24-72(68)32-80(76)40-88(84)48-96(92)97/h9-48H,1-8H3. The molecule has 0 aliphatic heterocycles. The van der Waals surface area contributed by atoms with E-state index in [1.165, 1.54) is 261 Å². The molecule has 0 bridgehead atoms. The van der Waals surface area contributed by atoms with Crippen LogP contribution in [0, 0.1) is 55.4 Å². The summed E-state index contributed by atoms with van der Waals surface area (Å²) in [5.41, 5.74) is 20.6. The maximum Gasteiger partial charge on any atom is 0.0726 e. The smallest absolute Gasteiger partial charge is 0.0512 e. The highest BCUT2D eigenvalue weighted by molar-refractivity contribution is 6.17. The summed E-state index contributed by atoms with van der Waals surface area (Å²) in [7, 11) is 0. The van der Waals surface area contributed by atoms with Crippen molar-refractivity contribution in [3.8, 4) is 22.3 Å². The van der Waals surface area contributed by atoms with Crippen LogP contribution in [0.25, 0.3) is 195 Å². The average Bonchev–Trinajstić information content (AvgIpc) is 1.50. The maximum absolute atomic E-state index is 2.62. The van der Waals surface area contributed by atoms with Gasteiger partial charge in [0.05, 0.1) is 5.41 Å². The molecule has 0 radical (unpaired) electrons. The molecule has 0 saturated carbocycles. The minimum Gasteiger partial charge on any atom is -0.0512 e. The molecule has 0 aromatic heterocycles. The lowest BCUT2D eigenvalue weighted by Crippen LogP contribution is -2.26. The molecule has 0 heterocycles. The zero-order chi connectivity index (χ0) is 64.5. The Morgan fingerprint density at radius 1 is 0.113 bits per heavy atom. The predicted molar refractivity (Wildman–Crippen MR) is 421 cm³/mol. The van der Waals surface area contributed by atoms with Crippen molar-refractivity contribution in [1.82, 2.24) is 0 Å². The Morgan fingerprint density at radius 2 is 0.206 bits per heavy atom. The van der Waals surface area contributed by atoms with Crippen molar-refractivity contribution in [2.45, 2.75) is 60.8 Å². The lowest BCUT2D eigenvalue weighted by Gasteiger charge is -2.31. The van der Waals surface area contributed by atoms with E-state index in [9.17, 15) is 0 Å². The van der Waals surface area contributed by atoms with E-state index < -0.39 is 5.41 Å². The van der Waals surface area contributed by atoms with E-state index in [-0.39, 0.29) is 0 Å². The molecule has 20 aromatic rings. The second-order valence-electron chi connectivity index (χ2n) is 29.9. The molecule has 20 aromatic carbocycles. The number of hydrogen-bond acceptors (Lipinski definition) is 0. The van der Waals surface area contributed by atoms with E-state index in [0.29, 0.717) is 0 Å². The van der Waals surface area contributed by atoms with Crippen LogP contribution >= 0.6 is 0 Å². The number of fused-ring (bicyclic) bond motifs is 26. The van der Waals surface area contributed by atoms with Crippen molar-refractivity contribution < 1.29 is 0 Å². The Balaban J connectivity index is 0.841. The number of benzene rings is 20. The molecule has 0 unspecified atom stereocenters. The largest absolute Gasteiger partial charge is 0.0726 e. The molecule has 1 spiro atoms. The summed E-state index contributed by atoms with van der Waals surface area (Å²) in [6, 6.07) is 98.2. The van der Waals surface area contributed by atoms with Gasteiger partial charge in [-0.25, -0.2) is 0 Å². The molecular weight excluding hydrogens is 1170 g/mol. The summed E-state index contributed by atoms with van der Waals surface area (Å²) >= 11 is 0. The minimum atomic E-state index is -0.679. The lowest BCUT2D eigenvalue weighted by molar-refractivity contribution is 0.799. The first kappa shape index (κ1) is 53.9. The Kier molecular flexibility index (Phi) is 10.3. The van der Waals surface area contributed by atoms with Crippen molar-refractivity contribution >= 4 is 172 Å². The quantitative estimate of drug-likeness (QED) is 0.133. The first-order valence-corrected chi connectivity index (χ1v) is 34.6. The third kappa shape index (κ3) is 7.54. The van der Waals surface area contributed by atoms with Gasteiger partial charge in [-0.1, -0.05) is 48.5 Å². The highest BCUT2D eigenvalue weighted by Crippen LogP contribution is 2.65. The van der Waals surface area contributed by atoms with Crippen molar-refractivity contribution in [2.75, 3.05) is 0 Å². The van der Waals surface area contributed by atoms with Gasteiger partial charge in [-0.3, -0.25) is 0 Å². The molecule has 2 aliphatic carbocycles. The van der Waals surface area contributed by atoms with Gasteiger partial charge in [-0.05, 0) is 511 Å². The fourth-order valence-electron chi connectivity index (χ4n) is 18.3. The summed E-state index contributed by atoms with van der Waals surface area (Å²) in [6.07, 6.45) is 0. The van der Waals surface area contributed by atoms with Crippen LogP contribution in [0.15, 0.2) is 243 Å². The van der Waals surface area contributed by atoms with Crippen LogP contribution in [0.3, 0.4) is 0 Å². The molecule has 2 aliphatic rings. The fourth-order valence-corrected chi connectivity index (χ4v) is 18.3. The van der Waals surface area contributed by atoms with Gasteiger partial charge >= 0.3 is 0 Å². The average molecular weight is 1230 g/mol. The number of hydrogen-bond donors (Lipinski definition) is 0. The molecule has 22 rings (SSSR count). The first-order valence-electron chi connectivity index (χ1n) is 34.6. The first-order chi connectivity index (χ1) is 47.1. The lowest BCUT2D eigenvalue weighted by atomic mass is 9.69. The van der Waals surface area contributed by atoms with E-state index in [1.54, 1.807) is 0 Å². The SMILES string of the molecule is Cc1cc2cc3cc4cc5cc6c(cc5cc4cc3cc2cc1C)C1(c2cc3cc4cc5cc7cc(C)c(C)cc7cc5cc4cc3cc2-6)c2cc3cc4cc5cc6cc(C)c(C)cc6cc5cc4cc3cc2-c2cc3cc4cc5cc6cc(C)c(C)cc6cc5cc4cc3cc21. The summed E-state index contributed by atoms with van der Waals surface area (Å²) in [4.78, 5) is 0. The van der Waals surface area contributed by atoms with E-state index >= 15 is 0 Å². The molecule has 0 amide bonds. The van der Waals surface area contributed by atoms with Crippen LogP contribution in [-0.2, 0) is 5.41 Å². The van der Waals surface area contributed by atoms with E-state index in [0.717, 1.165) is 0 Å².